The number of anilines is 1. The van der Waals surface area contributed by atoms with Crippen molar-refractivity contribution in [1.29, 1.82) is 0 Å². The first-order valence-electron chi connectivity index (χ1n) is 9.95. The molecule has 172 valence electrons. The number of amides is 3. The Morgan fingerprint density at radius 3 is 2.72 bits per heavy atom. The second-order valence-corrected chi connectivity index (χ2v) is 8.36. The van der Waals surface area contributed by atoms with E-state index in [0.717, 1.165) is 36.9 Å². The van der Waals surface area contributed by atoms with E-state index in [9.17, 15) is 27.2 Å². The van der Waals surface area contributed by atoms with Crippen LogP contribution >= 0.6 is 11.8 Å². The number of urea groups is 1. The zero-order valence-electron chi connectivity index (χ0n) is 17.0. The van der Waals surface area contributed by atoms with Crippen LogP contribution in [0.25, 0.3) is 0 Å². The molecule has 0 saturated carbocycles. The summed E-state index contributed by atoms with van der Waals surface area (Å²) in [6, 6.07) is 7.30. The maximum atomic E-state index is 13.2. The Hall–Kier alpha value is -2.82. The summed E-state index contributed by atoms with van der Waals surface area (Å²) in [5.41, 5.74) is -0.488. The molecule has 1 atom stereocenters. The third-order valence-corrected chi connectivity index (χ3v) is 5.84. The molecule has 1 aromatic carbocycles. The highest BCUT2D eigenvalue weighted by Gasteiger charge is 2.30. The Morgan fingerprint density at radius 2 is 2.03 bits per heavy atom. The van der Waals surface area contributed by atoms with Gasteiger partial charge >= 0.3 is 12.2 Å². The van der Waals surface area contributed by atoms with E-state index in [1.807, 2.05) is 0 Å². The number of nitrogens with zero attached hydrogens (tertiary/aromatic N) is 2. The second kappa shape index (κ2) is 10.7. The zero-order valence-corrected chi connectivity index (χ0v) is 17.8. The highest BCUT2D eigenvalue weighted by Crippen LogP contribution is 2.29. The predicted molar refractivity (Wildman–Crippen MR) is 113 cm³/mol. The standard InChI is InChI=1S/C21H22F4N4O2S/c22-16-4-1-5-17(9-16)28-20(31)27-10-14-3-2-8-29(12-14)19(30)13-32-18-7-6-15(11-26-18)21(23,24)25/h1,4-7,9,11,14H,2-3,8,10,12-13H2,(H2,27,28,31). The van der Waals surface area contributed by atoms with Crippen molar-refractivity contribution in [3.05, 3.63) is 54.0 Å². The van der Waals surface area contributed by atoms with E-state index in [-0.39, 0.29) is 17.6 Å². The first-order chi connectivity index (χ1) is 15.2. The van der Waals surface area contributed by atoms with Gasteiger partial charge in [0.25, 0.3) is 0 Å². The van der Waals surface area contributed by atoms with E-state index >= 15 is 0 Å². The monoisotopic (exact) mass is 470 g/mol. The van der Waals surface area contributed by atoms with Crippen molar-refractivity contribution >= 4 is 29.4 Å². The molecule has 1 aliphatic heterocycles. The first-order valence-corrected chi connectivity index (χ1v) is 10.9. The lowest BCUT2D eigenvalue weighted by molar-refractivity contribution is -0.138. The molecule has 1 unspecified atom stereocenters. The number of carbonyl (C=O) groups excluding carboxylic acids is 2. The number of benzene rings is 1. The Kier molecular flexibility index (Phi) is 7.94. The zero-order chi connectivity index (χ0) is 23.1. The number of rotatable bonds is 6. The molecule has 0 bridgehead atoms. The summed E-state index contributed by atoms with van der Waals surface area (Å²) in [6.45, 7) is 1.42. The molecule has 0 spiro atoms. The van der Waals surface area contributed by atoms with E-state index in [0.29, 0.717) is 30.3 Å². The van der Waals surface area contributed by atoms with E-state index in [1.165, 1.54) is 24.3 Å². The van der Waals surface area contributed by atoms with Gasteiger partial charge in [-0.2, -0.15) is 13.2 Å². The number of nitrogens with one attached hydrogen (secondary N) is 2. The van der Waals surface area contributed by atoms with Gasteiger partial charge in [-0.05, 0) is 49.1 Å². The van der Waals surface area contributed by atoms with Crippen molar-refractivity contribution in [2.24, 2.45) is 5.92 Å². The molecule has 32 heavy (non-hydrogen) atoms. The molecule has 1 aliphatic rings. The fourth-order valence-corrected chi connectivity index (χ4v) is 4.04. The number of hydrogen-bond acceptors (Lipinski definition) is 4. The van der Waals surface area contributed by atoms with E-state index < -0.39 is 23.6 Å². The fourth-order valence-electron chi connectivity index (χ4n) is 3.30. The fraction of sp³-hybridized carbons (Fsp3) is 0.381. The van der Waals surface area contributed by atoms with E-state index in [4.69, 9.17) is 0 Å². The molecule has 0 radical (unpaired) electrons. The average molecular weight is 470 g/mol. The summed E-state index contributed by atoms with van der Waals surface area (Å²) < 4.78 is 51.0. The van der Waals surface area contributed by atoms with Gasteiger partial charge in [0.15, 0.2) is 0 Å². The van der Waals surface area contributed by atoms with Gasteiger partial charge in [-0.25, -0.2) is 14.2 Å². The van der Waals surface area contributed by atoms with Crippen LogP contribution in [0.1, 0.15) is 18.4 Å². The number of halogens is 4. The highest BCUT2D eigenvalue weighted by molar-refractivity contribution is 7.99. The Balaban J connectivity index is 1.42. The molecular formula is C21H22F4N4O2S. The smallest absolute Gasteiger partial charge is 0.342 e. The third-order valence-electron chi connectivity index (χ3n) is 4.91. The molecule has 1 aromatic heterocycles. The molecule has 6 nitrogen and oxygen atoms in total. The van der Waals surface area contributed by atoms with Gasteiger partial charge in [0.1, 0.15) is 5.82 Å². The van der Waals surface area contributed by atoms with Crippen LogP contribution in [-0.4, -0.2) is 47.2 Å². The van der Waals surface area contributed by atoms with E-state index in [1.54, 1.807) is 11.0 Å². The number of pyridine rings is 1. The van der Waals surface area contributed by atoms with E-state index in [2.05, 4.69) is 15.6 Å². The summed E-state index contributed by atoms with van der Waals surface area (Å²) >= 11 is 1.08. The van der Waals surface area contributed by atoms with Crippen molar-refractivity contribution in [2.45, 2.75) is 24.0 Å². The maximum absolute atomic E-state index is 13.2. The van der Waals surface area contributed by atoms with Gasteiger partial charge in [0, 0.05) is 31.5 Å². The molecule has 1 fully saturated rings. The van der Waals surface area contributed by atoms with Crippen LogP contribution in [0.5, 0.6) is 0 Å². The summed E-state index contributed by atoms with van der Waals surface area (Å²) in [5.74, 6) is -0.446. The van der Waals surface area contributed by atoms with Gasteiger partial charge in [0.2, 0.25) is 5.91 Å². The normalized spacial score (nSPS) is 16.5. The van der Waals surface area contributed by atoms with Crippen LogP contribution in [0.15, 0.2) is 47.6 Å². The van der Waals surface area contributed by atoms with Crippen LogP contribution in [0.2, 0.25) is 0 Å². The summed E-state index contributed by atoms with van der Waals surface area (Å²) in [5, 5.41) is 5.64. The number of carbonyl (C=O) groups is 2. The molecule has 0 aliphatic carbocycles. The molecule has 3 rings (SSSR count). The van der Waals surface area contributed by atoms with Crippen molar-refractivity contribution in [2.75, 3.05) is 30.7 Å². The Bertz CT molecular complexity index is 940. The summed E-state index contributed by atoms with van der Waals surface area (Å²) in [7, 11) is 0. The van der Waals surface area contributed by atoms with Crippen molar-refractivity contribution < 1.29 is 27.2 Å². The number of aromatic nitrogens is 1. The minimum Gasteiger partial charge on any atom is -0.342 e. The number of piperidine rings is 1. The minimum absolute atomic E-state index is 0.0680. The number of alkyl halides is 3. The Morgan fingerprint density at radius 1 is 1.22 bits per heavy atom. The highest BCUT2D eigenvalue weighted by atomic mass is 32.2. The Labute approximate surface area is 186 Å². The van der Waals surface area contributed by atoms with Crippen molar-refractivity contribution in [1.82, 2.24) is 15.2 Å². The third kappa shape index (κ3) is 7.11. The van der Waals surface area contributed by atoms with Gasteiger partial charge in [-0.3, -0.25) is 4.79 Å². The number of thioether (sulfide) groups is 1. The summed E-state index contributed by atoms with van der Waals surface area (Å²) in [4.78, 5) is 30.0. The van der Waals surface area contributed by atoms with Crippen molar-refractivity contribution in [3.63, 3.8) is 0 Å². The lowest BCUT2D eigenvalue weighted by Gasteiger charge is -2.32. The van der Waals surface area contributed by atoms with Crippen molar-refractivity contribution in [3.8, 4) is 0 Å². The van der Waals surface area contributed by atoms with Gasteiger partial charge in [-0.1, -0.05) is 17.8 Å². The molecule has 3 amide bonds. The van der Waals surface area contributed by atoms with Gasteiger partial charge < -0.3 is 15.5 Å². The lowest BCUT2D eigenvalue weighted by Crippen LogP contribution is -2.45. The quantitative estimate of drug-likeness (QED) is 0.485. The van der Waals surface area contributed by atoms with Gasteiger partial charge in [0.05, 0.1) is 16.3 Å². The second-order valence-electron chi connectivity index (χ2n) is 7.36. The first kappa shape index (κ1) is 23.8. The van der Waals surface area contributed by atoms with Crippen LogP contribution < -0.4 is 10.6 Å². The molecule has 2 N–H and O–H groups in total. The number of hydrogen-bond donors (Lipinski definition) is 2. The van der Waals surface area contributed by atoms with Crippen LogP contribution in [0.4, 0.5) is 28.0 Å². The minimum atomic E-state index is -4.45. The van der Waals surface area contributed by atoms with Crippen LogP contribution in [0, 0.1) is 11.7 Å². The predicted octanol–water partition coefficient (Wildman–Crippen LogP) is 4.39. The average Bonchev–Trinajstić information content (AvgIpc) is 2.76. The molecule has 1 saturated heterocycles. The topological polar surface area (TPSA) is 74.3 Å². The van der Waals surface area contributed by atoms with Gasteiger partial charge in [-0.15, -0.1) is 0 Å². The summed E-state index contributed by atoms with van der Waals surface area (Å²) in [6.07, 6.45) is -2.06. The molecular weight excluding hydrogens is 448 g/mol. The van der Waals surface area contributed by atoms with Crippen LogP contribution in [-0.2, 0) is 11.0 Å². The lowest BCUT2D eigenvalue weighted by atomic mass is 9.98. The molecule has 2 aromatic rings. The number of likely N-dealkylation sites (tertiary alicyclic amines) is 1. The maximum Gasteiger partial charge on any atom is 0.417 e. The molecule has 2 heterocycles. The largest absolute Gasteiger partial charge is 0.417 e. The van der Waals surface area contributed by atoms with Crippen LogP contribution in [0.3, 0.4) is 0 Å². The SMILES string of the molecule is O=C(NCC1CCCN(C(=O)CSc2ccc(C(F)(F)F)cn2)C1)Nc1cccc(F)c1. The molecule has 11 heteroatoms.